The van der Waals surface area contributed by atoms with E-state index in [0.29, 0.717) is 12.3 Å². The Labute approximate surface area is 111 Å². The first-order chi connectivity index (χ1) is 8.25. The zero-order chi connectivity index (χ0) is 14.1. The smallest absolute Gasteiger partial charge is 0.160 e. The van der Waals surface area contributed by atoms with E-state index in [9.17, 15) is 9.59 Å². The molecular formula is C16H26O2. The zero-order valence-electron chi connectivity index (χ0n) is 12.6. The first-order valence-corrected chi connectivity index (χ1v) is 7.04. The van der Waals surface area contributed by atoms with Crippen LogP contribution in [-0.4, -0.2) is 11.6 Å². The molecule has 2 atom stereocenters. The molecule has 1 aliphatic carbocycles. The van der Waals surface area contributed by atoms with Crippen LogP contribution in [0.5, 0.6) is 0 Å². The van der Waals surface area contributed by atoms with Gasteiger partial charge >= 0.3 is 0 Å². The summed E-state index contributed by atoms with van der Waals surface area (Å²) < 4.78 is 0. The topological polar surface area (TPSA) is 34.1 Å². The summed E-state index contributed by atoms with van der Waals surface area (Å²) in [6, 6.07) is 0. The van der Waals surface area contributed by atoms with Gasteiger partial charge in [0.2, 0.25) is 0 Å². The van der Waals surface area contributed by atoms with Crippen molar-refractivity contribution < 1.29 is 9.59 Å². The maximum absolute atomic E-state index is 12.2. The maximum atomic E-state index is 12.2. The lowest BCUT2D eigenvalue weighted by Gasteiger charge is -2.29. The summed E-state index contributed by atoms with van der Waals surface area (Å²) in [4.78, 5) is 24.3. The molecule has 1 rings (SSSR count). The van der Waals surface area contributed by atoms with Gasteiger partial charge in [0.25, 0.3) is 0 Å². The predicted octanol–water partition coefficient (Wildman–Crippen LogP) is 3.94. The molecule has 2 heteroatoms. The number of carbonyl (C=O) groups is 2. The molecule has 2 unspecified atom stereocenters. The molecule has 0 saturated heterocycles. The molecule has 0 heterocycles. The van der Waals surface area contributed by atoms with E-state index in [-0.39, 0.29) is 17.5 Å². The number of allylic oxidation sites excluding steroid dienone is 2. The van der Waals surface area contributed by atoms with E-state index < -0.39 is 5.41 Å². The van der Waals surface area contributed by atoms with Crippen LogP contribution in [0.15, 0.2) is 11.1 Å². The van der Waals surface area contributed by atoms with Gasteiger partial charge < -0.3 is 0 Å². The van der Waals surface area contributed by atoms with Crippen LogP contribution in [0.1, 0.15) is 60.8 Å². The maximum Gasteiger partial charge on any atom is 0.160 e. The number of carbonyl (C=O) groups excluding carboxylic acids is 2. The molecule has 0 radical (unpaired) electrons. The van der Waals surface area contributed by atoms with E-state index in [1.807, 2.05) is 6.92 Å². The average molecular weight is 250 g/mol. The van der Waals surface area contributed by atoms with Crippen molar-refractivity contribution in [2.75, 3.05) is 0 Å². The fourth-order valence-corrected chi connectivity index (χ4v) is 3.29. The van der Waals surface area contributed by atoms with Gasteiger partial charge in [-0.15, -0.1) is 0 Å². The Morgan fingerprint density at radius 3 is 2.28 bits per heavy atom. The minimum Gasteiger partial charge on any atom is -0.299 e. The molecule has 2 nitrogen and oxygen atoms in total. The molecule has 0 aromatic rings. The highest BCUT2D eigenvalue weighted by Gasteiger charge is 2.47. The Hall–Kier alpha value is -0.920. The molecule has 102 valence electrons. The van der Waals surface area contributed by atoms with E-state index in [1.165, 1.54) is 0 Å². The molecule has 0 fully saturated rings. The Bertz CT molecular complexity index is 390. The fraction of sp³-hybridized carbons (Fsp3) is 0.750. The minimum atomic E-state index is -0.550. The number of hydrogen-bond acceptors (Lipinski definition) is 2. The third kappa shape index (κ3) is 2.43. The van der Waals surface area contributed by atoms with Gasteiger partial charge in [0.1, 0.15) is 5.78 Å². The number of ketones is 2. The van der Waals surface area contributed by atoms with Crippen LogP contribution < -0.4 is 0 Å². The minimum absolute atomic E-state index is 0.129. The van der Waals surface area contributed by atoms with Crippen molar-refractivity contribution in [3.63, 3.8) is 0 Å². The lowest BCUT2D eigenvalue weighted by molar-refractivity contribution is -0.127. The monoisotopic (exact) mass is 250 g/mol. The Balaban J connectivity index is 3.35. The molecule has 0 saturated carbocycles. The number of Topliss-reactive ketones (excluding diaryl/α,β-unsaturated/α-hetero) is 2. The lowest BCUT2D eigenvalue weighted by atomic mass is 9.73. The van der Waals surface area contributed by atoms with Gasteiger partial charge in [-0.05, 0) is 43.3 Å². The van der Waals surface area contributed by atoms with Crippen LogP contribution in [0.2, 0.25) is 0 Å². The Morgan fingerprint density at radius 1 is 1.33 bits per heavy atom. The summed E-state index contributed by atoms with van der Waals surface area (Å²) in [5, 5.41) is 0. The molecule has 0 aromatic heterocycles. The molecule has 0 aromatic carbocycles. The van der Waals surface area contributed by atoms with Crippen LogP contribution in [0.3, 0.4) is 0 Å². The van der Waals surface area contributed by atoms with Gasteiger partial charge in [-0.2, -0.15) is 0 Å². The SMILES string of the molecule is CCCC(C)C1=C(C(C)C)C(=O)CC1(C)C(C)=O. The van der Waals surface area contributed by atoms with Crippen molar-refractivity contribution in [2.45, 2.75) is 60.8 Å². The van der Waals surface area contributed by atoms with E-state index in [2.05, 4.69) is 27.7 Å². The second-order valence-corrected chi connectivity index (χ2v) is 6.16. The predicted molar refractivity (Wildman–Crippen MR) is 74.3 cm³/mol. The van der Waals surface area contributed by atoms with Gasteiger partial charge in [-0.25, -0.2) is 0 Å². The normalized spacial score (nSPS) is 26.1. The highest BCUT2D eigenvalue weighted by atomic mass is 16.1. The molecule has 18 heavy (non-hydrogen) atoms. The standard InChI is InChI=1S/C16H26O2/c1-7-8-11(4)15-14(10(2)3)13(18)9-16(15,6)12(5)17/h10-11H,7-9H2,1-6H3. The summed E-state index contributed by atoms with van der Waals surface area (Å²) in [5.74, 6) is 0.853. The van der Waals surface area contributed by atoms with E-state index >= 15 is 0 Å². The summed E-state index contributed by atoms with van der Waals surface area (Å²) in [6.07, 6.45) is 2.50. The van der Waals surface area contributed by atoms with Gasteiger partial charge in [0.15, 0.2) is 5.78 Å². The van der Waals surface area contributed by atoms with Crippen molar-refractivity contribution in [3.8, 4) is 0 Å². The van der Waals surface area contributed by atoms with E-state index in [0.717, 1.165) is 24.0 Å². The largest absolute Gasteiger partial charge is 0.299 e. The van der Waals surface area contributed by atoms with E-state index in [4.69, 9.17) is 0 Å². The van der Waals surface area contributed by atoms with Crippen LogP contribution in [0.4, 0.5) is 0 Å². The first kappa shape index (κ1) is 15.1. The number of rotatable bonds is 5. The third-order valence-electron chi connectivity index (χ3n) is 4.27. The van der Waals surface area contributed by atoms with Gasteiger partial charge in [-0.3, -0.25) is 9.59 Å². The van der Waals surface area contributed by atoms with Gasteiger partial charge in [-0.1, -0.05) is 34.1 Å². The third-order valence-corrected chi connectivity index (χ3v) is 4.27. The van der Waals surface area contributed by atoms with Crippen LogP contribution >= 0.6 is 0 Å². The first-order valence-electron chi connectivity index (χ1n) is 7.04. The van der Waals surface area contributed by atoms with Crippen molar-refractivity contribution in [1.29, 1.82) is 0 Å². The van der Waals surface area contributed by atoms with Crippen molar-refractivity contribution in [2.24, 2.45) is 17.3 Å². The summed E-state index contributed by atoms with van der Waals surface area (Å²) >= 11 is 0. The summed E-state index contributed by atoms with van der Waals surface area (Å²) in [6.45, 7) is 12.0. The van der Waals surface area contributed by atoms with Crippen molar-refractivity contribution in [1.82, 2.24) is 0 Å². The van der Waals surface area contributed by atoms with Crippen LogP contribution in [0.25, 0.3) is 0 Å². The number of hydrogen-bond donors (Lipinski definition) is 0. The second-order valence-electron chi connectivity index (χ2n) is 6.16. The van der Waals surface area contributed by atoms with Crippen molar-refractivity contribution >= 4 is 11.6 Å². The molecule has 0 N–H and O–H groups in total. The zero-order valence-corrected chi connectivity index (χ0v) is 12.6. The molecular weight excluding hydrogens is 224 g/mol. The van der Waals surface area contributed by atoms with E-state index in [1.54, 1.807) is 6.92 Å². The van der Waals surface area contributed by atoms with Gasteiger partial charge in [0, 0.05) is 6.42 Å². The lowest BCUT2D eigenvalue weighted by Crippen LogP contribution is -2.28. The van der Waals surface area contributed by atoms with Crippen LogP contribution in [-0.2, 0) is 9.59 Å². The average Bonchev–Trinajstić information content (AvgIpc) is 2.51. The van der Waals surface area contributed by atoms with Crippen LogP contribution in [0, 0.1) is 17.3 Å². The quantitative estimate of drug-likeness (QED) is 0.740. The van der Waals surface area contributed by atoms with Gasteiger partial charge in [0.05, 0.1) is 5.41 Å². The molecule has 0 bridgehead atoms. The highest BCUT2D eigenvalue weighted by Crippen LogP contribution is 2.48. The molecule has 1 aliphatic rings. The highest BCUT2D eigenvalue weighted by molar-refractivity contribution is 6.06. The molecule has 0 aliphatic heterocycles. The molecule has 0 amide bonds. The molecule has 0 spiro atoms. The fourth-order valence-electron chi connectivity index (χ4n) is 3.29. The summed E-state index contributed by atoms with van der Waals surface area (Å²) in [7, 11) is 0. The summed E-state index contributed by atoms with van der Waals surface area (Å²) in [5.41, 5.74) is 1.50. The van der Waals surface area contributed by atoms with Crippen molar-refractivity contribution in [3.05, 3.63) is 11.1 Å². The Kier molecular flexibility index (Phi) is 4.52. The Morgan fingerprint density at radius 2 is 1.89 bits per heavy atom. The second kappa shape index (κ2) is 5.38.